The van der Waals surface area contributed by atoms with Gasteiger partial charge in [0.25, 0.3) is 11.8 Å². The number of aromatic nitrogens is 4. The summed E-state index contributed by atoms with van der Waals surface area (Å²) in [6.45, 7) is 4.22. The second-order valence-corrected chi connectivity index (χ2v) is 16.6. The molecule has 8 rings (SSSR count). The zero-order chi connectivity index (χ0) is 48.6. The molecule has 0 aliphatic carbocycles. The number of benzene rings is 4. The number of primary amides is 2. The predicted octanol–water partition coefficient (Wildman–Crippen LogP) is 5.42. The van der Waals surface area contributed by atoms with E-state index in [9.17, 15) is 19.8 Å². The van der Waals surface area contributed by atoms with Gasteiger partial charge in [0.15, 0.2) is 0 Å². The molecule has 18 heteroatoms. The number of carbonyl (C=O) groups excluding carboxylic acids is 2. The number of amides is 2. The number of hydrogen-bond donors (Lipinski definition) is 8. The maximum atomic E-state index is 12.1. The fourth-order valence-electron chi connectivity index (χ4n) is 7.00. The number of halogens is 1. The average Bonchev–Trinajstić information content (AvgIpc) is 3.98. The van der Waals surface area contributed by atoms with E-state index in [0.717, 1.165) is 26.7 Å². The zero-order valence-electron chi connectivity index (χ0n) is 37.5. The van der Waals surface area contributed by atoms with E-state index in [0.29, 0.717) is 41.1 Å². The van der Waals surface area contributed by atoms with E-state index in [1.165, 1.54) is 12.4 Å². The molecule has 2 amide bonds. The van der Waals surface area contributed by atoms with Crippen molar-refractivity contribution in [3.63, 3.8) is 0 Å². The molecule has 0 spiro atoms. The molecule has 0 bridgehead atoms. The monoisotopic (exact) mass is 984 g/mol. The van der Waals surface area contributed by atoms with Crippen LogP contribution in [0.15, 0.2) is 163 Å². The molecule has 4 heterocycles. The van der Waals surface area contributed by atoms with Crippen LogP contribution < -0.4 is 27.6 Å². The van der Waals surface area contributed by atoms with Crippen LogP contribution in [0, 0.1) is 0 Å². The third-order valence-electron chi connectivity index (χ3n) is 10.9. The highest BCUT2D eigenvalue weighted by Crippen LogP contribution is 2.30. The van der Waals surface area contributed by atoms with Crippen molar-refractivity contribution in [3.05, 3.63) is 185 Å². The van der Waals surface area contributed by atoms with Crippen LogP contribution in [0.25, 0.3) is 22.2 Å². The summed E-state index contributed by atoms with van der Waals surface area (Å²) in [5.74, 6) is -1.20. The predicted molar refractivity (Wildman–Crippen MR) is 267 cm³/mol. The van der Waals surface area contributed by atoms with E-state index in [1.807, 2.05) is 129 Å². The van der Waals surface area contributed by atoms with Gasteiger partial charge in [-0.15, -0.1) is 0 Å². The Labute approximate surface area is 402 Å². The largest absolute Gasteiger partial charge is 0.488 e. The van der Waals surface area contributed by atoms with Gasteiger partial charge in [0.05, 0.1) is 96.6 Å². The second-order valence-electron chi connectivity index (χ2n) is 15.7. The maximum absolute atomic E-state index is 12.1. The van der Waals surface area contributed by atoms with Crippen LogP contribution >= 0.6 is 15.9 Å². The molecular weight excluding hydrogens is 931 g/mol. The van der Waals surface area contributed by atoms with Crippen LogP contribution in [-0.2, 0) is 22.7 Å². The quantitative estimate of drug-likeness (QED) is 0.0503. The maximum Gasteiger partial charge on any atom is 0.488 e. The standard InChI is InChI=1S/C25H26N4O3.C19H21BrN4O3.C6H7BO2/c1-17(32-16-18-8-4-2-5-9-18)22(15-30)28-24-21(25(26)31)13-27-29-14-20(12-23(24)29)19-10-6-3-7-11-19;1-12(27-11-13-5-3-2-4-6-13)16(10-25)23-18-15(19(21)26)8-22-24-9-14(20)7-17(18)24;8-7(9)6-4-2-1-3-5-6/h2-14,17,22,28,30H,15-16H2,1H3,(H2,26,31);2-9,12,16,23,25H,10-11H2,1H3,(H2,21,26);1-5,8-9H/t17-,22-;12-,16-;/m11./s1. The lowest BCUT2D eigenvalue weighted by molar-refractivity contribution is 0.0274. The molecule has 0 saturated carbocycles. The van der Waals surface area contributed by atoms with Crippen LogP contribution in [-0.4, -0.2) is 95.9 Å². The van der Waals surface area contributed by atoms with Crippen LogP contribution in [0.5, 0.6) is 0 Å². The van der Waals surface area contributed by atoms with Crippen molar-refractivity contribution < 1.29 is 39.3 Å². The van der Waals surface area contributed by atoms with Crippen LogP contribution in [0.1, 0.15) is 45.7 Å². The Balaban J connectivity index is 0.000000191. The van der Waals surface area contributed by atoms with Gasteiger partial charge in [-0.25, -0.2) is 9.03 Å². The normalized spacial score (nSPS) is 12.7. The van der Waals surface area contributed by atoms with Crippen molar-refractivity contribution in [1.82, 2.24) is 19.2 Å². The number of nitrogens with zero attached hydrogens (tertiary/aromatic N) is 4. The van der Waals surface area contributed by atoms with Gasteiger partial charge in [-0.3, -0.25) is 9.59 Å². The molecule has 0 aliphatic rings. The summed E-state index contributed by atoms with van der Waals surface area (Å²) in [7, 11) is -1.34. The molecule has 68 heavy (non-hydrogen) atoms. The van der Waals surface area contributed by atoms with E-state index in [1.54, 1.807) is 39.5 Å². The fourth-order valence-corrected chi connectivity index (χ4v) is 7.41. The number of carbonyl (C=O) groups is 2. The first kappa shape index (κ1) is 50.5. The molecule has 16 nitrogen and oxygen atoms in total. The van der Waals surface area contributed by atoms with Crippen LogP contribution in [0.2, 0.25) is 0 Å². The van der Waals surface area contributed by atoms with Crippen molar-refractivity contribution in [2.45, 2.75) is 51.4 Å². The Bertz CT molecular complexity index is 2840. The van der Waals surface area contributed by atoms with Crippen molar-refractivity contribution >= 4 is 62.7 Å². The first-order valence-corrected chi connectivity index (χ1v) is 22.5. The molecule has 0 fully saturated rings. The van der Waals surface area contributed by atoms with E-state index in [2.05, 4.69) is 36.8 Å². The number of rotatable bonds is 18. The van der Waals surface area contributed by atoms with Gasteiger partial charge in [0.1, 0.15) is 0 Å². The van der Waals surface area contributed by atoms with Crippen LogP contribution in [0.3, 0.4) is 0 Å². The van der Waals surface area contributed by atoms with Gasteiger partial charge in [0.2, 0.25) is 0 Å². The molecule has 4 aromatic carbocycles. The van der Waals surface area contributed by atoms with Gasteiger partial charge in [-0.2, -0.15) is 10.2 Å². The van der Waals surface area contributed by atoms with Gasteiger partial charge in [-0.05, 0) is 64.1 Å². The molecule has 10 N–H and O–H groups in total. The number of fused-ring (bicyclic) bond motifs is 2. The van der Waals surface area contributed by atoms with E-state index < -0.39 is 31.0 Å². The number of anilines is 2. The summed E-state index contributed by atoms with van der Waals surface area (Å²) in [5.41, 5.74) is 18.6. The minimum Gasteiger partial charge on any atom is -0.423 e. The van der Waals surface area contributed by atoms with Crippen molar-refractivity contribution in [3.8, 4) is 11.1 Å². The second kappa shape index (κ2) is 24.8. The smallest absolute Gasteiger partial charge is 0.423 e. The Morgan fingerprint density at radius 1 is 0.632 bits per heavy atom. The minimum atomic E-state index is -1.34. The lowest BCUT2D eigenvalue weighted by atomic mass is 9.81. The highest BCUT2D eigenvalue weighted by Gasteiger charge is 2.24. The van der Waals surface area contributed by atoms with Gasteiger partial charge >= 0.3 is 7.12 Å². The summed E-state index contributed by atoms with van der Waals surface area (Å²) in [5, 5.41) is 52.1. The number of nitrogens with one attached hydrogen (secondary N) is 2. The molecular formula is C50H54BBrN8O8. The third-order valence-corrected chi connectivity index (χ3v) is 11.3. The Hall–Kier alpha value is -6.90. The fraction of sp³-hybridized carbons (Fsp3) is 0.200. The Morgan fingerprint density at radius 2 is 1.04 bits per heavy atom. The first-order chi connectivity index (χ1) is 32.9. The highest BCUT2D eigenvalue weighted by molar-refractivity contribution is 9.10. The molecule has 352 valence electrons. The molecule has 0 unspecified atom stereocenters. The lowest BCUT2D eigenvalue weighted by Crippen LogP contribution is -2.37. The number of ether oxygens (including phenoxy) is 2. The molecule has 4 aromatic heterocycles. The van der Waals surface area contributed by atoms with Crippen molar-refractivity contribution in [1.29, 1.82) is 0 Å². The lowest BCUT2D eigenvalue weighted by Gasteiger charge is -2.26. The third kappa shape index (κ3) is 13.6. The Kier molecular flexibility index (Phi) is 18.4. The topological polar surface area (TPSA) is 244 Å². The number of aliphatic hydroxyl groups is 2. The van der Waals surface area contributed by atoms with Crippen LogP contribution in [0.4, 0.5) is 11.4 Å². The zero-order valence-corrected chi connectivity index (χ0v) is 39.1. The summed E-state index contributed by atoms with van der Waals surface area (Å²) in [6.07, 6.45) is 5.86. The summed E-state index contributed by atoms with van der Waals surface area (Å²) in [6, 6.07) is 41.0. The van der Waals surface area contributed by atoms with Gasteiger partial charge in [0, 0.05) is 22.4 Å². The van der Waals surface area contributed by atoms with E-state index in [-0.39, 0.29) is 36.5 Å². The molecule has 8 aromatic rings. The van der Waals surface area contributed by atoms with Gasteiger partial charge < -0.3 is 51.8 Å². The molecule has 0 saturated heterocycles. The van der Waals surface area contributed by atoms with E-state index in [4.69, 9.17) is 31.0 Å². The van der Waals surface area contributed by atoms with Crippen molar-refractivity contribution in [2.24, 2.45) is 11.5 Å². The number of nitrogens with two attached hydrogens (primary N) is 2. The van der Waals surface area contributed by atoms with Crippen molar-refractivity contribution in [2.75, 3.05) is 23.8 Å². The molecule has 0 aliphatic heterocycles. The molecule has 4 atom stereocenters. The van der Waals surface area contributed by atoms with Gasteiger partial charge in [-0.1, -0.05) is 121 Å². The number of hydrogen-bond acceptors (Lipinski definition) is 12. The summed E-state index contributed by atoms with van der Waals surface area (Å²) < 4.78 is 16.0. The Morgan fingerprint density at radius 3 is 1.46 bits per heavy atom. The van der Waals surface area contributed by atoms with E-state index >= 15 is 0 Å². The highest BCUT2D eigenvalue weighted by atomic mass is 79.9. The minimum absolute atomic E-state index is 0.176. The SMILES string of the molecule is C[C@@H](OCc1ccccc1)[C@@H](CO)Nc1c(C(N)=O)cnn2cc(-c3ccccc3)cc12.C[C@@H](OCc1ccccc1)[C@@H](CO)Nc1c(C(N)=O)cnn2cc(Br)cc12.OB(O)c1ccccc1. The summed E-state index contributed by atoms with van der Waals surface area (Å²) >= 11 is 3.40. The first-order valence-electron chi connectivity index (χ1n) is 21.7. The number of aliphatic hydroxyl groups excluding tert-OH is 2. The average molecular weight is 986 g/mol. The summed E-state index contributed by atoms with van der Waals surface area (Å²) in [4.78, 5) is 24.0. The molecule has 0 radical (unpaired) electrons.